The van der Waals surface area contributed by atoms with Crippen LogP contribution in [0.2, 0.25) is 0 Å². The van der Waals surface area contributed by atoms with Gasteiger partial charge in [-0.05, 0) is 40.0 Å². The van der Waals surface area contributed by atoms with Crippen molar-refractivity contribution in [1.82, 2.24) is 4.90 Å². The highest BCUT2D eigenvalue weighted by Crippen LogP contribution is 2.23. The topological polar surface area (TPSA) is 46.6 Å². The molecule has 0 unspecified atom stereocenters. The van der Waals surface area contributed by atoms with E-state index in [0.717, 1.165) is 12.8 Å². The van der Waals surface area contributed by atoms with E-state index >= 15 is 0 Å². The van der Waals surface area contributed by atoms with Crippen LogP contribution in [0, 0.1) is 0 Å². The molecule has 17 heavy (non-hydrogen) atoms. The van der Waals surface area contributed by atoms with Gasteiger partial charge in [-0.2, -0.15) is 0 Å². The van der Waals surface area contributed by atoms with Crippen LogP contribution in [0.25, 0.3) is 0 Å². The van der Waals surface area contributed by atoms with E-state index in [1.54, 1.807) is 6.92 Å². The summed E-state index contributed by atoms with van der Waals surface area (Å²) in [5, 5.41) is 0. The third-order valence-electron chi connectivity index (χ3n) is 3.33. The highest BCUT2D eigenvalue weighted by Gasteiger charge is 2.28. The molecule has 0 N–H and O–H groups in total. The lowest BCUT2D eigenvalue weighted by Crippen LogP contribution is -2.47. The number of piperidine rings is 1. The molecule has 0 radical (unpaired) electrons. The number of esters is 1. The summed E-state index contributed by atoms with van der Waals surface area (Å²) < 4.78 is 4.82. The molecule has 0 aliphatic carbocycles. The summed E-state index contributed by atoms with van der Waals surface area (Å²) in [5.41, 5.74) is 0. The van der Waals surface area contributed by atoms with E-state index in [9.17, 15) is 9.59 Å². The Morgan fingerprint density at radius 2 is 1.76 bits per heavy atom. The second-order valence-electron chi connectivity index (χ2n) is 4.73. The summed E-state index contributed by atoms with van der Waals surface area (Å²) in [4.78, 5) is 25.2. The van der Waals surface area contributed by atoms with E-state index in [1.807, 2.05) is 4.90 Å². The van der Waals surface area contributed by atoms with Gasteiger partial charge >= 0.3 is 5.97 Å². The van der Waals surface area contributed by atoms with Crippen molar-refractivity contribution in [2.75, 3.05) is 6.61 Å². The number of amides is 1. The van der Waals surface area contributed by atoms with Gasteiger partial charge in [0.2, 0.25) is 5.91 Å². The Balaban J connectivity index is 2.42. The molecule has 1 aliphatic heterocycles. The summed E-state index contributed by atoms with van der Waals surface area (Å²) in [6, 6.07) is 0.599. The van der Waals surface area contributed by atoms with Crippen LogP contribution in [0.4, 0.5) is 0 Å². The van der Waals surface area contributed by atoms with Crippen LogP contribution in [-0.4, -0.2) is 35.5 Å². The third kappa shape index (κ3) is 4.02. The molecule has 1 fully saturated rings. The maximum absolute atomic E-state index is 12.0. The lowest BCUT2D eigenvalue weighted by molar-refractivity contribution is -0.147. The molecule has 1 rings (SSSR count). The lowest BCUT2D eigenvalue weighted by Gasteiger charge is -2.39. The average molecular weight is 241 g/mol. The summed E-state index contributed by atoms with van der Waals surface area (Å²) in [6.07, 6.45) is 3.78. The molecule has 1 amide bonds. The van der Waals surface area contributed by atoms with Crippen molar-refractivity contribution >= 4 is 11.9 Å². The molecule has 98 valence electrons. The number of carbonyl (C=O) groups excluding carboxylic acids is 2. The fraction of sp³-hybridized carbons (Fsp3) is 0.846. The van der Waals surface area contributed by atoms with E-state index in [-0.39, 0.29) is 24.7 Å². The summed E-state index contributed by atoms with van der Waals surface area (Å²) in [6.45, 7) is 6.31. The van der Waals surface area contributed by atoms with Crippen molar-refractivity contribution < 1.29 is 14.3 Å². The number of rotatable bonds is 4. The average Bonchev–Trinajstić information content (AvgIpc) is 2.26. The quantitative estimate of drug-likeness (QED) is 0.708. The van der Waals surface area contributed by atoms with Crippen molar-refractivity contribution in [1.29, 1.82) is 0 Å². The van der Waals surface area contributed by atoms with Crippen molar-refractivity contribution in [3.05, 3.63) is 0 Å². The van der Waals surface area contributed by atoms with Gasteiger partial charge in [-0.1, -0.05) is 0 Å². The van der Waals surface area contributed by atoms with Crippen LogP contribution in [0.1, 0.15) is 52.9 Å². The molecule has 2 atom stereocenters. The Bertz CT molecular complexity index is 268. The SMILES string of the molecule is CCOC(=O)CCC(=O)N1[C@H](C)CCC[C@@H]1C. The minimum atomic E-state index is -0.279. The Kier molecular flexibility index (Phi) is 5.45. The molecule has 1 aliphatic rings. The molecule has 4 heteroatoms. The number of likely N-dealkylation sites (tertiary alicyclic amines) is 1. The predicted molar refractivity (Wildman–Crippen MR) is 65.5 cm³/mol. The number of nitrogens with zero attached hydrogens (tertiary/aromatic N) is 1. The van der Waals surface area contributed by atoms with Crippen LogP contribution in [0.5, 0.6) is 0 Å². The highest BCUT2D eigenvalue weighted by atomic mass is 16.5. The van der Waals surface area contributed by atoms with Gasteiger partial charge in [0.1, 0.15) is 0 Å². The van der Waals surface area contributed by atoms with Gasteiger partial charge in [0.05, 0.1) is 13.0 Å². The first kappa shape index (κ1) is 14.0. The van der Waals surface area contributed by atoms with Crippen LogP contribution < -0.4 is 0 Å². The summed E-state index contributed by atoms with van der Waals surface area (Å²) in [7, 11) is 0. The van der Waals surface area contributed by atoms with Crippen LogP contribution in [0.3, 0.4) is 0 Å². The van der Waals surface area contributed by atoms with E-state index in [2.05, 4.69) is 13.8 Å². The number of hydrogen-bond donors (Lipinski definition) is 0. The first-order valence-electron chi connectivity index (χ1n) is 6.53. The van der Waals surface area contributed by atoms with Gasteiger partial charge in [0.15, 0.2) is 0 Å². The van der Waals surface area contributed by atoms with E-state index in [1.165, 1.54) is 6.42 Å². The molecule has 4 nitrogen and oxygen atoms in total. The largest absolute Gasteiger partial charge is 0.466 e. The minimum absolute atomic E-state index is 0.0813. The highest BCUT2D eigenvalue weighted by molar-refractivity contribution is 5.81. The van der Waals surface area contributed by atoms with Gasteiger partial charge in [-0.3, -0.25) is 9.59 Å². The fourth-order valence-electron chi connectivity index (χ4n) is 2.48. The Morgan fingerprint density at radius 3 is 2.29 bits per heavy atom. The number of carbonyl (C=O) groups is 2. The number of hydrogen-bond acceptors (Lipinski definition) is 3. The van der Waals surface area contributed by atoms with E-state index in [0.29, 0.717) is 18.7 Å². The second kappa shape index (κ2) is 6.62. The molecule has 0 aromatic heterocycles. The minimum Gasteiger partial charge on any atom is -0.466 e. The smallest absolute Gasteiger partial charge is 0.306 e. The Labute approximate surface area is 103 Å². The monoisotopic (exact) mass is 241 g/mol. The fourth-order valence-corrected chi connectivity index (χ4v) is 2.48. The van der Waals surface area contributed by atoms with Crippen molar-refractivity contribution in [2.45, 2.75) is 65.0 Å². The van der Waals surface area contributed by atoms with Gasteiger partial charge in [-0.25, -0.2) is 0 Å². The van der Waals surface area contributed by atoms with Crippen LogP contribution in [0.15, 0.2) is 0 Å². The van der Waals surface area contributed by atoms with Crippen molar-refractivity contribution in [3.63, 3.8) is 0 Å². The van der Waals surface area contributed by atoms with E-state index in [4.69, 9.17) is 4.74 Å². The molecule has 1 heterocycles. The zero-order valence-electron chi connectivity index (χ0n) is 11.1. The maximum atomic E-state index is 12.0. The zero-order valence-corrected chi connectivity index (χ0v) is 11.1. The molecule has 1 saturated heterocycles. The normalized spacial score (nSPS) is 24.5. The standard InChI is InChI=1S/C13H23NO3/c1-4-17-13(16)9-8-12(15)14-10(2)6-5-7-11(14)3/h10-11H,4-9H2,1-3H3/t10-,11+. The van der Waals surface area contributed by atoms with Gasteiger partial charge < -0.3 is 9.64 Å². The second-order valence-corrected chi connectivity index (χ2v) is 4.73. The first-order valence-corrected chi connectivity index (χ1v) is 6.53. The lowest BCUT2D eigenvalue weighted by atomic mass is 9.97. The number of ether oxygens (including phenoxy) is 1. The summed E-state index contributed by atoms with van der Waals surface area (Å²) in [5.74, 6) is -0.198. The van der Waals surface area contributed by atoms with Crippen molar-refractivity contribution in [2.24, 2.45) is 0 Å². The molecular weight excluding hydrogens is 218 g/mol. The van der Waals surface area contributed by atoms with E-state index < -0.39 is 0 Å². The molecule has 0 spiro atoms. The zero-order chi connectivity index (χ0) is 12.8. The van der Waals surface area contributed by atoms with Crippen molar-refractivity contribution in [3.8, 4) is 0 Å². The van der Waals surface area contributed by atoms with Gasteiger partial charge in [0, 0.05) is 18.5 Å². The molecule has 0 aromatic rings. The van der Waals surface area contributed by atoms with Crippen LogP contribution >= 0.6 is 0 Å². The summed E-state index contributed by atoms with van der Waals surface area (Å²) >= 11 is 0. The Hall–Kier alpha value is -1.06. The molecule has 0 bridgehead atoms. The molecule has 0 saturated carbocycles. The maximum Gasteiger partial charge on any atom is 0.306 e. The van der Waals surface area contributed by atoms with Crippen LogP contribution in [-0.2, 0) is 14.3 Å². The molecular formula is C13H23NO3. The Morgan fingerprint density at radius 1 is 1.18 bits per heavy atom. The first-order chi connectivity index (χ1) is 8.06. The third-order valence-corrected chi connectivity index (χ3v) is 3.33. The predicted octanol–water partition coefficient (Wildman–Crippen LogP) is 2.12. The van der Waals surface area contributed by atoms with Gasteiger partial charge in [-0.15, -0.1) is 0 Å². The molecule has 0 aromatic carbocycles. The van der Waals surface area contributed by atoms with Gasteiger partial charge in [0.25, 0.3) is 0 Å².